The second kappa shape index (κ2) is 6.66. The molecular formula is C14H23NO. The highest BCUT2D eigenvalue weighted by Gasteiger charge is 2.18. The molecule has 2 heteroatoms. The predicted molar refractivity (Wildman–Crippen MR) is 68.4 cm³/mol. The van der Waals surface area contributed by atoms with Crippen LogP contribution >= 0.6 is 0 Å². The van der Waals surface area contributed by atoms with Crippen molar-refractivity contribution in [2.75, 3.05) is 6.61 Å². The molecule has 16 heavy (non-hydrogen) atoms. The van der Waals surface area contributed by atoms with Crippen LogP contribution in [0.3, 0.4) is 0 Å². The van der Waals surface area contributed by atoms with Crippen molar-refractivity contribution in [1.29, 1.82) is 0 Å². The van der Waals surface area contributed by atoms with Gasteiger partial charge in [-0.1, -0.05) is 43.2 Å². The maximum atomic E-state index is 6.26. The van der Waals surface area contributed by atoms with E-state index in [2.05, 4.69) is 38.1 Å². The summed E-state index contributed by atoms with van der Waals surface area (Å²) < 4.78 is 5.71. The molecule has 2 N–H and O–H groups in total. The number of nitrogens with two attached hydrogens (primary N) is 1. The van der Waals surface area contributed by atoms with E-state index < -0.39 is 0 Å². The summed E-state index contributed by atoms with van der Waals surface area (Å²) in [5.74, 6) is 0. The van der Waals surface area contributed by atoms with Crippen molar-refractivity contribution in [3.05, 3.63) is 35.4 Å². The van der Waals surface area contributed by atoms with Gasteiger partial charge in [0.2, 0.25) is 0 Å². The lowest BCUT2D eigenvalue weighted by atomic mass is 9.98. The average molecular weight is 221 g/mol. The van der Waals surface area contributed by atoms with Crippen LogP contribution in [0.25, 0.3) is 0 Å². The molecule has 0 radical (unpaired) electrons. The highest BCUT2D eigenvalue weighted by Crippen LogP contribution is 2.21. The lowest BCUT2D eigenvalue weighted by molar-refractivity contribution is 0.0374. The summed E-state index contributed by atoms with van der Waals surface area (Å²) >= 11 is 0. The van der Waals surface area contributed by atoms with Gasteiger partial charge in [-0.15, -0.1) is 0 Å². The van der Waals surface area contributed by atoms with Gasteiger partial charge in [0, 0.05) is 6.61 Å². The Morgan fingerprint density at radius 2 is 2.06 bits per heavy atom. The summed E-state index contributed by atoms with van der Waals surface area (Å²) in [7, 11) is 0. The molecule has 0 aliphatic carbocycles. The Kier molecular flexibility index (Phi) is 5.50. The summed E-state index contributed by atoms with van der Waals surface area (Å²) in [6.45, 7) is 7.00. The highest BCUT2D eigenvalue weighted by molar-refractivity contribution is 5.25. The molecule has 1 aromatic carbocycles. The lowest BCUT2D eigenvalue weighted by Gasteiger charge is -2.24. The van der Waals surface area contributed by atoms with Crippen LogP contribution in [-0.2, 0) is 4.74 Å². The molecule has 1 rings (SSSR count). The first-order valence-corrected chi connectivity index (χ1v) is 6.12. The summed E-state index contributed by atoms with van der Waals surface area (Å²) in [6.07, 6.45) is 2.25. The minimum Gasteiger partial charge on any atom is -0.377 e. The van der Waals surface area contributed by atoms with Crippen molar-refractivity contribution in [2.24, 2.45) is 5.73 Å². The molecule has 0 amide bonds. The van der Waals surface area contributed by atoms with E-state index in [1.165, 1.54) is 11.1 Å². The zero-order valence-electron chi connectivity index (χ0n) is 10.6. The fourth-order valence-electron chi connectivity index (χ4n) is 1.96. The molecule has 1 aromatic rings. The second-order valence-electron chi connectivity index (χ2n) is 4.22. The molecule has 0 heterocycles. The third kappa shape index (κ3) is 3.62. The summed E-state index contributed by atoms with van der Waals surface area (Å²) in [4.78, 5) is 0. The Labute approximate surface area is 98.8 Å². The van der Waals surface area contributed by atoms with Crippen LogP contribution in [0, 0.1) is 6.92 Å². The Bertz CT molecular complexity index is 305. The second-order valence-corrected chi connectivity index (χ2v) is 4.22. The van der Waals surface area contributed by atoms with Crippen molar-refractivity contribution in [2.45, 2.75) is 45.8 Å². The smallest absolute Gasteiger partial charge is 0.0767 e. The largest absolute Gasteiger partial charge is 0.377 e. The summed E-state index contributed by atoms with van der Waals surface area (Å²) in [5, 5.41) is 0. The molecular weight excluding hydrogens is 198 g/mol. The van der Waals surface area contributed by atoms with Crippen LogP contribution in [-0.4, -0.2) is 12.7 Å². The van der Waals surface area contributed by atoms with Gasteiger partial charge < -0.3 is 10.5 Å². The van der Waals surface area contributed by atoms with Gasteiger partial charge >= 0.3 is 0 Å². The number of hydrogen-bond donors (Lipinski definition) is 1. The average Bonchev–Trinajstić information content (AvgIpc) is 2.28. The van der Waals surface area contributed by atoms with Gasteiger partial charge in [0.25, 0.3) is 0 Å². The minimum absolute atomic E-state index is 0.0141. The SMILES string of the molecule is CCCC(OCC)C(N)c1cccc(C)c1. The van der Waals surface area contributed by atoms with E-state index in [-0.39, 0.29) is 12.1 Å². The van der Waals surface area contributed by atoms with E-state index in [0.29, 0.717) is 0 Å². The quantitative estimate of drug-likeness (QED) is 0.800. The van der Waals surface area contributed by atoms with Gasteiger partial charge in [-0.2, -0.15) is 0 Å². The molecule has 90 valence electrons. The first-order valence-electron chi connectivity index (χ1n) is 6.12. The van der Waals surface area contributed by atoms with Gasteiger partial charge in [0.15, 0.2) is 0 Å². The monoisotopic (exact) mass is 221 g/mol. The van der Waals surface area contributed by atoms with Gasteiger partial charge in [-0.3, -0.25) is 0 Å². The molecule has 0 aliphatic rings. The van der Waals surface area contributed by atoms with E-state index in [9.17, 15) is 0 Å². The van der Waals surface area contributed by atoms with Gasteiger partial charge in [0.05, 0.1) is 12.1 Å². The van der Waals surface area contributed by atoms with Crippen LogP contribution in [0.15, 0.2) is 24.3 Å². The van der Waals surface area contributed by atoms with Crippen molar-refractivity contribution >= 4 is 0 Å². The fourth-order valence-corrected chi connectivity index (χ4v) is 1.96. The molecule has 0 aliphatic heterocycles. The maximum absolute atomic E-state index is 6.26. The van der Waals surface area contributed by atoms with Gasteiger partial charge in [0.1, 0.15) is 0 Å². The van der Waals surface area contributed by atoms with Crippen LogP contribution in [0.1, 0.15) is 43.9 Å². The molecule has 0 fully saturated rings. The molecule has 0 bridgehead atoms. The lowest BCUT2D eigenvalue weighted by Crippen LogP contribution is -2.29. The van der Waals surface area contributed by atoms with Crippen LogP contribution in [0.5, 0.6) is 0 Å². The molecule has 2 atom stereocenters. The number of hydrogen-bond acceptors (Lipinski definition) is 2. The number of aryl methyl sites for hydroxylation is 1. The third-order valence-electron chi connectivity index (χ3n) is 2.78. The number of rotatable bonds is 6. The topological polar surface area (TPSA) is 35.2 Å². The van der Waals surface area contributed by atoms with Crippen molar-refractivity contribution in [3.8, 4) is 0 Å². The van der Waals surface area contributed by atoms with Crippen LogP contribution < -0.4 is 5.73 Å². The molecule has 2 nitrogen and oxygen atoms in total. The maximum Gasteiger partial charge on any atom is 0.0767 e. The molecule has 0 saturated heterocycles. The molecule has 0 saturated carbocycles. The van der Waals surface area contributed by atoms with E-state index >= 15 is 0 Å². The van der Waals surface area contributed by atoms with Crippen LogP contribution in [0.4, 0.5) is 0 Å². The van der Waals surface area contributed by atoms with Gasteiger partial charge in [-0.25, -0.2) is 0 Å². The molecule has 2 unspecified atom stereocenters. The van der Waals surface area contributed by atoms with Crippen LogP contribution in [0.2, 0.25) is 0 Å². The first-order chi connectivity index (χ1) is 7.69. The van der Waals surface area contributed by atoms with E-state index in [1.54, 1.807) is 0 Å². The summed E-state index contributed by atoms with van der Waals surface area (Å²) in [5.41, 5.74) is 8.68. The van der Waals surface area contributed by atoms with Crippen molar-refractivity contribution in [1.82, 2.24) is 0 Å². The van der Waals surface area contributed by atoms with Crippen molar-refractivity contribution in [3.63, 3.8) is 0 Å². The normalized spacial score (nSPS) is 14.8. The summed E-state index contributed by atoms with van der Waals surface area (Å²) in [6, 6.07) is 8.36. The van der Waals surface area contributed by atoms with E-state index in [0.717, 1.165) is 19.4 Å². The zero-order chi connectivity index (χ0) is 12.0. The standard InChI is InChI=1S/C14H23NO/c1-4-7-13(16-5-2)14(15)12-9-6-8-11(3)10-12/h6,8-10,13-14H,4-5,7,15H2,1-3H3. The number of benzene rings is 1. The number of ether oxygens (including phenoxy) is 1. The van der Waals surface area contributed by atoms with Crippen molar-refractivity contribution < 1.29 is 4.74 Å². The Balaban J connectivity index is 2.76. The zero-order valence-corrected chi connectivity index (χ0v) is 10.6. The van der Waals surface area contributed by atoms with E-state index in [4.69, 9.17) is 10.5 Å². The highest BCUT2D eigenvalue weighted by atomic mass is 16.5. The fraction of sp³-hybridized carbons (Fsp3) is 0.571. The first kappa shape index (κ1) is 13.2. The predicted octanol–water partition coefficient (Wildman–Crippen LogP) is 3.20. The Morgan fingerprint density at radius 1 is 1.31 bits per heavy atom. The van der Waals surface area contributed by atoms with E-state index in [1.807, 2.05) is 6.92 Å². The van der Waals surface area contributed by atoms with Gasteiger partial charge in [-0.05, 0) is 25.8 Å². The molecule has 0 spiro atoms. The minimum atomic E-state index is -0.0141. The molecule has 0 aromatic heterocycles. The third-order valence-corrected chi connectivity index (χ3v) is 2.78. The Morgan fingerprint density at radius 3 is 2.62 bits per heavy atom. The Hall–Kier alpha value is -0.860.